The van der Waals surface area contributed by atoms with Crippen LogP contribution in [0.1, 0.15) is 17.2 Å². The van der Waals surface area contributed by atoms with Crippen molar-refractivity contribution in [3.8, 4) is 0 Å². The SMILES string of the molecule is Fc1ccc([C@H](c2ccc(Cl)cc2)N2CCNCC2)c(F)c1. The standard InChI is InChI=1S/C17H17ClF2N2/c18-13-3-1-12(2-4-13)17(22-9-7-21-8-10-22)15-6-5-14(19)11-16(15)20/h1-6,11,17,21H,7-10H2/t17-/m0/s1. The van der Waals surface area contributed by atoms with Crippen LogP contribution in [0.5, 0.6) is 0 Å². The first-order valence-electron chi connectivity index (χ1n) is 7.30. The van der Waals surface area contributed by atoms with E-state index in [1.165, 1.54) is 12.1 Å². The summed E-state index contributed by atoms with van der Waals surface area (Å²) >= 11 is 5.95. The van der Waals surface area contributed by atoms with Crippen molar-refractivity contribution in [1.82, 2.24) is 10.2 Å². The molecule has 2 nitrogen and oxygen atoms in total. The van der Waals surface area contributed by atoms with Gasteiger partial charge in [0.25, 0.3) is 0 Å². The summed E-state index contributed by atoms with van der Waals surface area (Å²) in [4.78, 5) is 2.20. The number of nitrogens with one attached hydrogen (secondary N) is 1. The Morgan fingerprint density at radius 2 is 1.68 bits per heavy atom. The van der Waals surface area contributed by atoms with E-state index in [-0.39, 0.29) is 6.04 Å². The van der Waals surface area contributed by atoms with E-state index in [0.717, 1.165) is 37.8 Å². The maximum atomic E-state index is 14.3. The van der Waals surface area contributed by atoms with Crippen molar-refractivity contribution >= 4 is 11.6 Å². The van der Waals surface area contributed by atoms with Crippen LogP contribution in [-0.2, 0) is 0 Å². The third-order valence-corrected chi connectivity index (χ3v) is 4.21. The molecule has 0 radical (unpaired) electrons. The van der Waals surface area contributed by atoms with Crippen molar-refractivity contribution in [1.29, 1.82) is 0 Å². The Labute approximate surface area is 133 Å². The second-order valence-corrected chi connectivity index (χ2v) is 5.84. The number of piperazine rings is 1. The molecule has 0 spiro atoms. The zero-order chi connectivity index (χ0) is 15.5. The highest BCUT2D eigenvalue weighted by atomic mass is 35.5. The topological polar surface area (TPSA) is 15.3 Å². The van der Waals surface area contributed by atoms with Crippen molar-refractivity contribution in [2.45, 2.75) is 6.04 Å². The van der Waals surface area contributed by atoms with E-state index in [1.54, 1.807) is 12.1 Å². The van der Waals surface area contributed by atoms with E-state index in [0.29, 0.717) is 10.6 Å². The fraction of sp³-hybridized carbons (Fsp3) is 0.294. The summed E-state index contributed by atoms with van der Waals surface area (Å²) in [5.41, 5.74) is 1.45. The van der Waals surface area contributed by atoms with Gasteiger partial charge in [0.1, 0.15) is 11.6 Å². The molecule has 0 aromatic heterocycles. The van der Waals surface area contributed by atoms with Gasteiger partial charge in [0, 0.05) is 42.8 Å². The van der Waals surface area contributed by atoms with Gasteiger partial charge in [0.2, 0.25) is 0 Å². The highest BCUT2D eigenvalue weighted by Crippen LogP contribution is 2.31. The fourth-order valence-electron chi connectivity index (χ4n) is 2.90. The van der Waals surface area contributed by atoms with Crippen LogP contribution in [0.15, 0.2) is 42.5 Å². The average molecular weight is 323 g/mol. The van der Waals surface area contributed by atoms with Crippen molar-refractivity contribution in [2.24, 2.45) is 0 Å². The van der Waals surface area contributed by atoms with Crippen LogP contribution < -0.4 is 5.32 Å². The molecule has 1 atom stereocenters. The minimum atomic E-state index is -0.559. The Balaban J connectivity index is 2.03. The van der Waals surface area contributed by atoms with E-state index in [4.69, 9.17) is 11.6 Å². The highest BCUT2D eigenvalue weighted by molar-refractivity contribution is 6.30. The molecule has 1 fully saturated rings. The molecule has 1 heterocycles. The van der Waals surface area contributed by atoms with Gasteiger partial charge in [-0.1, -0.05) is 29.8 Å². The quantitative estimate of drug-likeness (QED) is 0.928. The average Bonchev–Trinajstić information content (AvgIpc) is 2.52. The van der Waals surface area contributed by atoms with Crippen LogP contribution in [0.25, 0.3) is 0 Å². The number of hydrogen-bond donors (Lipinski definition) is 1. The molecule has 1 N–H and O–H groups in total. The first kappa shape index (κ1) is 15.4. The van der Waals surface area contributed by atoms with Crippen molar-refractivity contribution in [3.05, 3.63) is 70.2 Å². The zero-order valence-electron chi connectivity index (χ0n) is 12.0. The van der Waals surface area contributed by atoms with Crippen LogP contribution >= 0.6 is 11.6 Å². The lowest BCUT2D eigenvalue weighted by atomic mass is 9.96. The van der Waals surface area contributed by atoms with Crippen LogP contribution in [0.2, 0.25) is 5.02 Å². The van der Waals surface area contributed by atoms with E-state index in [1.807, 2.05) is 12.1 Å². The number of rotatable bonds is 3. The van der Waals surface area contributed by atoms with Gasteiger partial charge in [-0.15, -0.1) is 0 Å². The monoisotopic (exact) mass is 322 g/mol. The molecule has 116 valence electrons. The normalized spacial score (nSPS) is 17.4. The molecule has 1 aliphatic heterocycles. The van der Waals surface area contributed by atoms with Gasteiger partial charge in [-0.2, -0.15) is 0 Å². The van der Waals surface area contributed by atoms with Gasteiger partial charge in [-0.05, 0) is 23.8 Å². The first-order valence-corrected chi connectivity index (χ1v) is 7.68. The third kappa shape index (κ3) is 3.29. The molecule has 0 bridgehead atoms. The van der Waals surface area contributed by atoms with Crippen LogP contribution in [-0.4, -0.2) is 31.1 Å². The Kier molecular flexibility index (Phi) is 4.71. The number of benzene rings is 2. The van der Waals surface area contributed by atoms with Crippen LogP contribution in [0.3, 0.4) is 0 Å². The van der Waals surface area contributed by atoms with Gasteiger partial charge in [-0.3, -0.25) is 4.90 Å². The van der Waals surface area contributed by atoms with E-state index in [9.17, 15) is 8.78 Å². The number of halogens is 3. The van der Waals surface area contributed by atoms with Gasteiger partial charge in [0.15, 0.2) is 0 Å². The first-order chi connectivity index (χ1) is 10.6. The largest absolute Gasteiger partial charge is 0.314 e. The van der Waals surface area contributed by atoms with E-state index >= 15 is 0 Å². The van der Waals surface area contributed by atoms with Gasteiger partial charge >= 0.3 is 0 Å². The summed E-state index contributed by atoms with van der Waals surface area (Å²) in [7, 11) is 0. The molecule has 0 saturated carbocycles. The molecule has 0 aliphatic carbocycles. The Hall–Kier alpha value is -1.49. The second-order valence-electron chi connectivity index (χ2n) is 5.41. The van der Waals surface area contributed by atoms with Crippen LogP contribution in [0, 0.1) is 11.6 Å². The fourth-order valence-corrected chi connectivity index (χ4v) is 3.02. The Morgan fingerprint density at radius 3 is 2.32 bits per heavy atom. The summed E-state index contributed by atoms with van der Waals surface area (Å²) in [6.07, 6.45) is 0. The smallest absolute Gasteiger partial charge is 0.131 e. The van der Waals surface area contributed by atoms with Gasteiger partial charge in [-0.25, -0.2) is 8.78 Å². The molecular weight excluding hydrogens is 306 g/mol. The molecule has 1 aliphatic rings. The summed E-state index contributed by atoms with van der Waals surface area (Å²) in [6.45, 7) is 3.33. The molecule has 1 saturated heterocycles. The van der Waals surface area contributed by atoms with Crippen molar-refractivity contribution < 1.29 is 8.78 Å². The predicted octanol–water partition coefficient (Wildman–Crippen LogP) is 3.61. The molecule has 3 rings (SSSR count). The maximum absolute atomic E-state index is 14.3. The molecule has 22 heavy (non-hydrogen) atoms. The van der Waals surface area contributed by atoms with Crippen LogP contribution in [0.4, 0.5) is 8.78 Å². The van der Waals surface area contributed by atoms with Crippen molar-refractivity contribution in [2.75, 3.05) is 26.2 Å². The number of hydrogen-bond acceptors (Lipinski definition) is 2. The number of nitrogens with zero attached hydrogens (tertiary/aromatic N) is 1. The van der Waals surface area contributed by atoms with E-state index in [2.05, 4.69) is 10.2 Å². The predicted molar refractivity (Wildman–Crippen MR) is 84.1 cm³/mol. The molecular formula is C17H17ClF2N2. The molecule has 2 aromatic carbocycles. The molecule has 5 heteroatoms. The Morgan fingerprint density at radius 1 is 1.00 bits per heavy atom. The lowest BCUT2D eigenvalue weighted by Gasteiger charge is -2.35. The lowest BCUT2D eigenvalue weighted by molar-refractivity contribution is 0.195. The minimum absolute atomic E-state index is 0.236. The summed E-state index contributed by atoms with van der Waals surface area (Å²) in [5, 5.41) is 3.93. The summed E-state index contributed by atoms with van der Waals surface area (Å²) < 4.78 is 27.5. The Bertz CT molecular complexity index is 640. The van der Waals surface area contributed by atoms with E-state index < -0.39 is 11.6 Å². The molecule has 0 unspecified atom stereocenters. The molecule has 0 amide bonds. The highest BCUT2D eigenvalue weighted by Gasteiger charge is 2.26. The zero-order valence-corrected chi connectivity index (χ0v) is 12.8. The minimum Gasteiger partial charge on any atom is -0.314 e. The maximum Gasteiger partial charge on any atom is 0.131 e. The third-order valence-electron chi connectivity index (χ3n) is 3.96. The molecule has 2 aromatic rings. The van der Waals surface area contributed by atoms with Gasteiger partial charge < -0.3 is 5.32 Å². The second kappa shape index (κ2) is 6.73. The van der Waals surface area contributed by atoms with Crippen molar-refractivity contribution in [3.63, 3.8) is 0 Å². The lowest BCUT2D eigenvalue weighted by Crippen LogP contribution is -2.45. The summed E-state index contributed by atoms with van der Waals surface area (Å²) in [6, 6.07) is 11.0. The summed E-state index contributed by atoms with van der Waals surface area (Å²) in [5.74, 6) is -1.07. The van der Waals surface area contributed by atoms with Gasteiger partial charge in [0.05, 0.1) is 6.04 Å².